The minimum Gasteiger partial charge on any atom is -0.353 e. The molecule has 0 spiro atoms. The first-order valence-electron chi connectivity index (χ1n) is 7.28. The summed E-state index contributed by atoms with van der Waals surface area (Å²) in [6, 6.07) is 11.7. The Hall–Kier alpha value is -3.39. The number of hydrogen-bond donors (Lipinski definition) is 0. The van der Waals surface area contributed by atoms with Crippen molar-refractivity contribution in [2.45, 2.75) is 0 Å². The monoisotopic (exact) mass is 350 g/mol. The molecule has 25 heavy (non-hydrogen) atoms. The van der Waals surface area contributed by atoms with Crippen molar-refractivity contribution in [3.05, 3.63) is 70.4 Å². The second-order valence-electron chi connectivity index (χ2n) is 5.15. The molecule has 3 heterocycles. The van der Waals surface area contributed by atoms with Crippen LogP contribution in [0.1, 0.15) is 0 Å². The van der Waals surface area contributed by atoms with Crippen molar-refractivity contribution in [1.82, 2.24) is 15.1 Å². The normalized spacial score (nSPS) is 10.7. The van der Waals surface area contributed by atoms with Gasteiger partial charge in [0.15, 0.2) is 10.8 Å². The summed E-state index contributed by atoms with van der Waals surface area (Å²) in [6.07, 6.45) is 3.44. The molecule has 4 rings (SSSR count). The highest BCUT2D eigenvalue weighted by molar-refractivity contribution is 7.13. The zero-order chi connectivity index (χ0) is 17.2. The van der Waals surface area contributed by atoms with Gasteiger partial charge in [0.1, 0.15) is 5.69 Å². The summed E-state index contributed by atoms with van der Waals surface area (Å²) >= 11 is 1.46. The van der Waals surface area contributed by atoms with Crippen LogP contribution in [0.15, 0.2) is 64.8 Å². The molecule has 122 valence electrons. The van der Waals surface area contributed by atoms with Crippen LogP contribution in [0, 0.1) is 10.1 Å². The van der Waals surface area contributed by atoms with E-state index in [0.29, 0.717) is 16.5 Å². The fourth-order valence-electron chi connectivity index (χ4n) is 2.31. The van der Waals surface area contributed by atoms with Crippen molar-refractivity contribution < 1.29 is 9.45 Å². The van der Waals surface area contributed by atoms with E-state index < -0.39 is 4.92 Å². The number of rotatable bonds is 4. The third-order valence-electron chi connectivity index (χ3n) is 3.58. The molecule has 4 aromatic rings. The summed E-state index contributed by atoms with van der Waals surface area (Å²) in [4.78, 5) is 18.8. The highest BCUT2D eigenvalue weighted by Gasteiger charge is 2.14. The number of nitro benzene ring substituents is 1. The molecule has 0 fully saturated rings. The molecule has 0 aliphatic rings. The predicted octanol–water partition coefficient (Wildman–Crippen LogP) is 4.44. The van der Waals surface area contributed by atoms with Gasteiger partial charge in [-0.05, 0) is 24.3 Å². The fourth-order valence-corrected chi connectivity index (χ4v) is 3.08. The SMILES string of the molecule is O=[N+]([O-])c1ccc(-c2cc(-c3nc(-c4ccncc4)cs3)on2)cc1. The van der Waals surface area contributed by atoms with E-state index in [1.54, 1.807) is 30.6 Å². The van der Waals surface area contributed by atoms with Crippen molar-refractivity contribution >= 4 is 17.0 Å². The number of aromatic nitrogens is 3. The summed E-state index contributed by atoms with van der Waals surface area (Å²) in [6.45, 7) is 0. The van der Waals surface area contributed by atoms with Gasteiger partial charge in [0.2, 0.25) is 0 Å². The minimum atomic E-state index is -0.436. The van der Waals surface area contributed by atoms with Gasteiger partial charge in [-0.1, -0.05) is 5.16 Å². The molecule has 0 amide bonds. The van der Waals surface area contributed by atoms with Gasteiger partial charge in [0, 0.05) is 47.1 Å². The molecule has 8 heteroatoms. The number of nitro groups is 1. The van der Waals surface area contributed by atoms with E-state index >= 15 is 0 Å². The lowest BCUT2D eigenvalue weighted by molar-refractivity contribution is -0.384. The third kappa shape index (κ3) is 3.02. The molecule has 0 atom stereocenters. The molecule has 0 bridgehead atoms. The number of thiazole rings is 1. The van der Waals surface area contributed by atoms with Crippen molar-refractivity contribution in [2.24, 2.45) is 0 Å². The number of non-ortho nitro benzene ring substituents is 1. The highest BCUT2D eigenvalue weighted by atomic mass is 32.1. The summed E-state index contributed by atoms with van der Waals surface area (Å²) in [5.74, 6) is 0.554. The van der Waals surface area contributed by atoms with Crippen LogP contribution < -0.4 is 0 Å². The van der Waals surface area contributed by atoms with Gasteiger partial charge in [-0.25, -0.2) is 4.98 Å². The van der Waals surface area contributed by atoms with Crippen LogP contribution in [0.2, 0.25) is 0 Å². The predicted molar refractivity (Wildman–Crippen MR) is 92.9 cm³/mol. The Kier molecular flexibility index (Phi) is 3.79. The van der Waals surface area contributed by atoms with Crippen molar-refractivity contribution in [2.75, 3.05) is 0 Å². The quantitative estimate of drug-likeness (QED) is 0.399. The standard InChI is InChI=1S/C17H10N4O3S/c22-21(23)13-3-1-11(2-4-13)14-9-16(24-20-14)17-19-15(10-25-17)12-5-7-18-8-6-12/h1-10H. The Labute approximate surface area is 145 Å². The van der Waals surface area contributed by atoms with Crippen LogP contribution in [0.3, 0.4) is 0 Å². The maximum Gasteiger partial charge on any atom is 0.269 e. The molecule has 7 nitrogen and oxygen atoms in total. The highest BCUT2D eigenvalue weighted by Crippen LogP contribution is 2.31. The van der Waals surface area contributed by atoms with Gasteiger partial charge >= 0.3 is 0 Å². The molecule has 1 aromatic carbocycles. The van der Waals surface area contributed by atoms with Crippen LogP contribution in [0.5, 0.6) is 0 Å². The van der Waals surface area contributed by atoms with E-state index in [-0.39, 0.29) is 5.69 Å². The summed E-state index contributed by atoms with van der Waals surface area (Å²) < 4.78 is 5.38. The van der Waals surface area contributed by atoms with E-state index in [2.05, 4.69) is 15.1 Å². The lowest BCUT2D eigenvalue weighted by Gasteiger charge is -1.94. The molecule has 3 aromatic heterocycles. The average Bonchev–Trinajstić information content (AvgIpc) is 3.32. The van der Waals surface area contributed by atoms with E-state index in [1.165, 1.54) is 23.5 Å². The first-order chi connectivity index (χ1) is 12.2. The van der Waals surface area contributed by atoms with Crippen LogP contribution >= 0.6 is 11.3 Å². The second-order valence-corrected chi connectivity index (χ2v) is 6.01. The molecule has 0 saturated carbocycles. The maximum absolute atomic E-state index is 10.7. The topological polar surface area (TPSA) is 95.0 Å². The molecular weight excluding hydrogens is 340 g/mol. The first kappa shape index (κ1) is 15.2. The Balaban J connectivity index is 1.61. The van der Waals surface area contributed by atoms with E-state index in [4.69, 9.17) is 4.52 Å². The zero-order valence-electron chi connectivity index (χ0n) is 12.7. The van der Waals surface area contributed by atoms with E-state index in [1.807, 2.05) is 17.5 Å². The van der Waals surface area contributed by atoms with Crippen LogP contribution in [0.25, 0.3) is 33.3 Å². The van der Waals surface area contributed by atoms with Crippen molar-refractivity contribution in [3.63, 3.8) is 0 Å². The molecule has 0 saturated heterocycles. The maximum atomic E-state index is 10.7. The van der Waals surface area contributed by atoms with Gasteiger partial charge in [0.25, 0.3) is 5.69 Å². The third-order valence-corrected chi connectivity index (χ3v) is 4.43. The summed E-state index contributed by atoms with van der Waals surface area (Å²) in [5.41, 5.74) is 3.20. The Morgan fingerprint density at radius 2 is 1.72 bits per heavy atom. The number of nitrogens with zero attached hydrogens (tertiary/aromatic N) is 4. The van der Waals surface area contributed by atoms with Crippen molar-refractivity contribution in [3.8, 4) is 33.3 Å². The van der Waals surface area contributed by atoms with Gasteiger partial charge in [-0.3, -0.25) is 15.1 Å². The Morgan fingerprint density at radius 1 is 1.00 bits per heavy atom. The van der Waals surface area contributed by atoms with Crippen LogP contribution in [0.4, 0.5) is 5.69 Å². The Bertz CT molecular complexity index is 1030. The Morgan fingerprint density at radius 3 is 2.44 bits per heavy atom. The second kappa shape index (κ2) is 6.25. The number of pyridine rings is 1. The van der Waals surface area contributed by atoms with Crippen LogP contribution in [-0.4, -0.2) is 20.0 Å². The van der Waals surface area contributed by atoms with E-state index in [9.17, 15) is 10.1 Å². The zero-order valence-corrected chi connectivity index (χ0v) is 13.5. The van der Waals surface area contributed by atoms with Gasteiger partial charge in [0.05, 0.1) is 10.6 Å². The molecule has 0 aliphatic carbocycles. The van der Waals surface area contributed by atoms with Gasteiger partial charge in [-0.15, -0.1) is 11.3 Å². The van der Waals surface area contributed by atoms with Gasteiger partial charge < -0.3 is 4.52 Å². The summed E-state index contributed by atoms with van der Waals surface area (Å²) in [5, 5.41) is 17.4. The lowest BCUT2D eigenvalue weighted by atomic mass is 10.1. The minimum absolute atomic E-state index is 0.0365. The van der Waals surface area contributed by atoms with E-state index in [0.717, 1.165) is 16.8 Å². The van der Waals surface area contributed by atoms with Gasteiger partial charge in [-0.2, -0.15) is 0 Å². The van der Waals surface area contributed by atoms with Crippen molar-refractivity contribution in [1.29, 1.82) is 0 Å². The molecule has 0 radical (unpaired) electrons. The van der Waals surface area contributed by atoms with Crippen LogP contribution in [-0.2, 0) is 0 Å². The number of hydrogen-bond acceptors (Lipinski definition) is 7. The largest absolute Gasteiger partial charge is 0.353 e. The molecule has 0 unspecified atom stereocenters. The lowest BCUT2D eigenvalue weighted by Crippen LogP contribution is -1.87. The molecule has 0 N–H and O–H groups in total. The first-order valence-corrected chi connectivity index (χ1v) is 8.16. The fraction of sp³-hybridized carbons (Fsp3) is 0. The molecule has 0 aliphatic heterocycles. The average molecular weight is 350 g/mol. The summed E-state index contributed by atoms with van der Waals surface area (Å²) in [7, 11) is 0. The smallest absolute Gasteiger partial charge is 0.269 e. The number of benzene rings is 1. The molecular formula is C17H10N4O3S.